The molecule has 0 aliphatic heterocycles. The quantitative estimate of drug-likeness (QED) is 0.569. The number of amides is 1. The second-order valence-electron chi connectivity index (χ2n) is 3.21. The SMILES string of the molecule is COCC(O)CNC(=O)c1ccc([N+](=O)[O-])s1. The molecule has 0 fully saturated rings. The predicted octanol–water partition coefficient (Wildman–Crippen LogP) is 0.393. The van der Waals surface area contributed by atoms with Crippen molar-refractivity contribution in [3.8, 4) is 0 Å². The van der Waals surface area contributed by atoms with Gasteiger partial charge in [-0.1, -0.05) is 11.3 Å². The van der Waals surface area contributed by atoms with Gasteiger partial charge in [-0.25, -0.2) is 0 Å². The number of aliphatic hydroxyl groups excluding tert-OH is 1. The van der Waals surface area contributed by atoms with E-state index in [1.54, 1.807) is 0 Å². The molecule has 1 aromatic rings. The third kappa shape index (κ3) is 4.10. The average molecular weight is 260 g/mol. The first-order chi connectivity index (χ1) is 8.04. The van der Waals surface area contributed by atoms with Crippen LogP contribution in [0.1, 0.15) is 9.67 Å². The number of thiophene rings is 1. The Labute approximate surface area is 101 Å². The summed E-state index contributed by atoms with van der Waals surface area (Å²) in [7, 11) is 1.44. The molecular weight excluding hydrogens is 248 g/mol. The van der Waals surface area contributed by atoms with Gasteiger partial charge in [0.05, 0.1) is 22.5 Å². The zero-order valence-electron chi connectivity index (χ0n) is 9.08. The number of rotatable bonds is 6. The minimum Gasteiger partial charge on any atom is -0.389 e. The van der Waals surface area contributed by atoms with E-state index in [9.17, 15) is 20.0 Å². The summed E-state index contributed by atoms with van der Waals surface area (Å²) in [5.41, 5.74) is 0. The van der Waals surface area contributed by atoms with E-state index < -0.39 is 16.9 Å². The maximum Gasteiger partial charge on any atom is 0.324 e. The third-order valence-electron chi connectivity index (χ3n) is 1.85. The van der Waals surface area contributed by atoms with Gasteiger partial charge in [0.1, 0.15) is 0 Å². The van der Waals surface area contributed by atoms with Crippen LogP contribution in [-0.2, 0) is 4.74 Å². The molecule has 17 heavy (non-hydrogen) atoms. The maximum absolute atomic E-state index is 11.5. The average Bonchev–Trinajstić information content (AvgIpc) is 2.75. The normalized spacial score (nSPS) is 12.1. The number of methoxy groups -OCH3 is 1. The molecule has 2 N–H and O–H groups in total. The molecule has 94 valence electrons. The van der Waals surface area contributed by atoms with Crippen LogP contribution in [0.4, 0.5) is 5.00 Å². The Morgan fingerprint density at radius 1 is 1.71 bits per heavy atom. The lowest BCUT2D eigenvalue weighted by Gasteiger charge is -2.09. The Balaban J connectivity index is 2.49. The van der Waals surface area contributed by atoms with Crippen molar-refractivity contribution in [2.24, 2.45) is 0 Å². The predicted molar refractivity (Wildman–Crippen MR) is 61.2 cm³/mol. The summed E-state index contributed by atoms with van der Waals surface area (Å²) in [6.45, 7) is 0.156. The molecule has 0 radical (unpaired) electrons. The van der Waals surface area contributed by atoms with Crippen LogP contribution >= 0.6 is 11.3 Å². The number of carbonyl (C=O) groups excluding carboxylic acids is 1. The lowest BCUT2D eigenvalue weighted by atomic mass is 10.3. The van der Waals surface area contributed by atoms with E-state index in [2.05, 4.69) is 10.1 Å². The zero-order chi connectivity index (χ0) is 12.8. The number of nitrogens with one attached hydrogen (secondary N) is 1. The lowest BCUT2D eigenvalue weighted by Crippen LogP contribution is -2.33. The first kappa shape index (κ1) is 13.6. The Hall–Kier alpha value is -1.51. The van der Waals surface area contributed by atoms with Crippen LogP contribution in [0.25, 0.3) is 0 Å². The van der Waals surface area contributed by atoms with E-state index in [0.29, 0.717) is 0 Å². The fourth-order valence-corrected chi connectivity index (χ4v) is 1.83. The van der Waals surface area contributed by atoms with Crippen LogP contribution in [0.3, 0.4) is 0 Å². The van der Waals surface area contributed by atoms with E-state index in [0.717, 1.165) is 11.3 Å². The smallest absolute Gasteiger partial charge is 0.324 e. The summed E-state index contributed by atoms with van der Waals surface area (Å²) < 4.78 is 4.69. The van der Waals surface area contributed by atoms with Crippen molar-refractivity contribution in [2.45, 2.75) is 6.10 Å². The molecule has 0 aromatic carbocycles. The van der Waals surface area contributed by atoms with Crippen molar-refractivity contribution in [2.75, 3.05) is 20.3 Å². The highest BCUT2D eigenvalue weighted by Gasteiger charge is 2.15. The van der Waals surface area contributed by atoms with Crippen LogP contribution in [0, 0.1) is 10.1 Å². The Bertz CT molecular complexity index is 406. The number of carbonyl (C=O) groups is 1. The van der Waals surface area contributed by atoms with Crippen LogP contribution < -0.4 is 5.32 Å². The Morgan fingerprint density at radius 3 is 2.94 bits per heavy atom. The molecule has 0 saturated carbocycles. The molecule has 0 saturated heterocycles. The highest BCUT2D eigenvalue weighted by Crippen LogP contribution is 2.23. The largest absolute Gasteiger partial charge is 0.389 e. The minimum atomic E-state index is -0.793. The van der Waals surface area contributed by atoms with Crippen molar-refractivity contribution in [1.82, 2.24) is 5.32 Å². The summed E-state index contributed by atoms with van der Waals surface area (Å²) >= 11 is 0.790. The Kier molecular flexibility index (Phi) is 5.01. The highest BCUT2D eigenvalue weighted by atomic mass is 32.1. The third-order valence-corrected chi connectivity index (χ3v) is 2.89. The van der Waals surface area contributed by atoms with Gasteiger partial charge in [0.15, 0.2) is 0 Å². The van der Waals surface area contributed by atoms with E-state index in [1.165, 1.54) is 19.2 Å². The number of ether oxygens (including phenoxy) is 1. The summed E-state index contributed by atoms with van der Waals surface area (Å²) in [5.74, 6) is -0.446. The topological polar surface area (TPSA) is 102 Å². The molecule has 1 aromatic heterocycles. The molecule has 1 atom stereocenters. The first-order valence-electron chi connectivity index (χ1n) is 4.74. The zero-order valence-corrected chi connectivity index (χ0v) is 9.90. The molecule has 7 nitrogen and oxygen atoms in total. The standard InChI is InChI=1S/C9H12N2O5S/c1-16-5-6(12)4-10-9(13)7-2-3-8(17-7)11(14)15/h2-3,6,12H,4-5H2,1H3,(H,10,13). The second-order valence-corrected chi connectivity index (χ2v) is 4.28. The Morgan fingerprint density at radius 2 is 2.41 bits per heavy atom. The fourth-order valence-electron chi connectivity index (χ4n) is 1.10. The van der Waals surface area contributed by atoms with E-state index in [-0.39, 0.29) is 23.0 Å². The first-order valence-corrected chi connectivity index (χ1v) is 5.55. The monoisotopic (exact) mass is 260 g/mol. The number of aliphatic hydroxyl groups is 1. The molecule has 1 heterocycles. The number of hydrogen-bond donors (Lipinski definition) is 2. The van der Waals surface area contributed by atoms with Gasteiger partial charge in [-0.05, 0) is 6.07 Å². The van der Waals surface area contributed by atoms with Gasteiger partial charge in [-0.2, -0.15) is 0 Å². The van der Waals surface area contributed by atoms with Gasteiger partial charge < -0.3 is 15.2 Å². The molecule has 0 aliphatic rings. The summed E-state index contributed by atoms with van der Waals surface area (Å²) in [5, 5.41) is 22.1. The molecule has 0 aliphatic carbocycles. The van der Waals surface area contributed by atoms with E-state index in [4.69, 9.17) is 0 Å². The van der Waals surface area contributed by atoms with Gasteiger partial charge in [-0.3, -0.25) is 14.9 Å². The number of nitro groups is 1. The number of nitrogens with zero attached hydrogens (tertiary/aromatic N) is 1. The van der Waals surface area contributed by atoms with Crippen molar-refractivity contribution in [3.63, 3.8) is 0 Å². The minimum absolute atomic E-state index is 0.0401. The van der Waals surface area contributed by atoms with Crippen molar-refractivity contribution in [1.29, 1.82) is 0 Å². The summed E-state index contributed by atoms with van der Waals surface area (Å²) in [6.07, 6.45) is -0.793. The molecular formula is C9H12N2O5S. The van der Waals surface area contributed by atoms with E-state index in [1.807, 2.05) is 0 Å². The number of hydrogen-bond acceptors (Lipinski definition) is 6. The lowest BCUT2D eigenvalue weighted by molar-refractivity contribution is -0.380. The molecule has 8 heteroatoms. The van der Waals surface area contributed by atoms with Crippen molar-refractivity contribution in [3.05, 3.63) is 27.1 Å². The summed E-state index contributed by atoms with van der Waals surface area (Å²) in [6, 6.07) is 2.64. The molecule has 0 spiro atoms. The fraction of sp³-hybridized carbons (Fsp3) is 0.444. The molecule has 1 rings (SSSR count). The molecule has 1 amide bonds. The highest BCUT2D eigenvalue weighted by molar-refractivity contribution is 7.17. The second kappa shape index (κ2) is 6.28. The summed E-state index contributed by atoms with van der Waals surface area (Å²) in [4.78, 5) is 21.6. The van der Waals surface area contributed by atoms with Crippen molar-refractivity contribution < 1.29 is 19.6 Å². The van der Waals surface area contributed by atoms with Gasteiger partial charge in [0.2, 0.25) is 0 Å². The van der Waals surface area contributed by atoms with Gasteiger partial charge in [-0.15, -0.1) is 0 Å². The van der Waals surface area contributed by atoms with Gasteiger partial charge >= 0.3 is 5.00 Å². The van der Waals surface area contributed by atoms with Gasteiger partial charge in [0, 0.05) is 19.7 Å². The van der Waals surface area contributed by atoms with Gasteiger partial charge in [0.25, 0.3) is 5.91 Å². The van der Waals surface area contributed by atoms with Crippen LogP contribution in [-0.4, -0.2) is 42.3 Å². The van der Waals surface area contributed by atoms with Crippen molar-refractivity contribution >= 4 is 22.2 Å². The van der Waals surface area contributed by atoms with E-state index >= 15 is 0 Å². The maximum atomic E-state index is 11.5. The van der Waals surface area contributed by atoms with Crippen LogP contribution in [0.5, 0.6) is 0 Å². The van der Waals surface area contributed by atoms with Crippen LogP contribution in [0.15, 0.2) is 12.1 Å². The molecule has 0 bridgehead atoms. The molecule has 1 unspecified atom stereocenters. The van der Waals surface area contributed by atoms with Crippen LogP contribution in [0.2, 0.25) is 0 Å².